The van der Waals surface area contributed by atoms with E-state index in [-0.39, 0.29) is 11.3 Å². The summed E-state index contributed by atoms with van der Waals surface area (Å²) in [5.41, 5.74) is 11.5. The first kappa shape index (κ1) is 24.7. The number of rotatable bonds is 8. The standard InChI is InChI=1S/C30H30FN5O/c1-3-13-35(2)18-22-8-4-5-10-24(22)21-11-12-25(26(31)15-21)28-30(37)29-27(17-33-28)34-19-36(29)23-9-6-7-20(14-23)16-32/h4-12,14-15,17,19,28H,3,13,16,18,32H2,1-2H3. The number of hydrogen-bond donors (Lipinski definition) is 1. The van der Waals surface area contributed by atoms with Gasteiger partial charge in [-0.3, -0.25) is 14.4 Å². The molecular weight excluding hydrogens is 465 g/mol. The molecule has 1 aliphatic heterocycles. The Balaban J connectivity index is 1.46. The quantitative estimate of drug-likeness (QED) is 0.358. The van der Waals surface area contributed by atoms with Gasteiger partial charge in [0, 0.05) is 24.3 Å². The number of fused-ring (bicyclic) bond motifs is 1. The molecule has 0 fully saturated rings. The zero-order valence-corrected chi connectivity index (χ0v) is 21.1. The molecule has 4 aromatic rings. The number of imidazole rings is 1. The van der Waals surface area contributed by atoms with Crippen molar-refractivity contribution in [3.05, 3.63) is 107 Å². The molecule has 2 heterocycles. The molecule has 3 aromatic carbocycles. The van der Waals surface area contributed by atoms with Crippen LogP contribution in [-0.2, 0) is 13.1 Å². The predicted octanol–water partition coefficient (Wildman–Crippen LogP) is 5.34. The molecule has 0 radical (unpaired) electrons. The molecule has 2 N–H and O–H groups in total. The topological polar surface area (TPSA) is 76.5 Å². The molecule has 37 heavy (non-hydrogen) atoms. The highest BCUT2D eigenvalue weighted by Gasteiger charge is 2.32. The second kappa shape index (κ2) is 10.6. The van der Waals surface area contributed by atoms with Crippen LogP contribution >= 0.6 is 0 Å². The lowest BCUT2D eigenvalue weighted by Gasteiger charge is -2.20. The Labute approximate surface area is 216 Å². The van der Waals surface area contributed by atoms with E-state index in [1.807, 2.05) is 48.5 Å². The Morgan fingerprint density at radius 1 is 1.08 bits per heavy atom. The van der Waals surface area contributed by atoms with Crippen LogP contribution in [0.1, 0.15) is 52.3 Å². The lowest BCUT2D eigenvalue weighted by Crippen LogP contribution is -2.21. The lowest BCUT2D eigenvalue weighted by molar-refractivity contribution is 0.0952. The summed E-state index contributed by atoms with van der Waals surface area (Å²) in [4.78, 5) is 24.6. The largest absolute Gasteiger partial charge is 0.326 e. The van der Waals surface area contributed by atoms with Gasteiger partial charge in [-0.05, 0) is 60.5 Å². The first-order valence-corrected chi connectivity index (χ1v) is 12.5. The zero-order valence-electron chi connectivity index (χ0n) is 21.1. The van der Waals surface area contributed by atoms with Crippen LogP contribution in [0.4, 0.5) is 4.39 Å². The molecule has 1 atom stereocenters. The van der Waals surface area contributed by atoms with Gasteiger partial charge in [0.1, 0.15) is 29.6 Å². The van der Waals surface area contributed by atoms with Gasteiger partial charge in [-0.1, -0.05) is 55.5 Å². The second-order valence-electron chi connectivity index (χ2n) is 9.40. The van der Waals surface area contributed by atoms with Gasteiger partial charge in [0.2, 0.25) is 5.78 Å². The van der Waals surface area contributed by atoms with E-state index in [1.54, 1.807) is 23.2 Å². The van der Waals surface area contributed by atoms with E-state index in [2.05, 4.69) is 34.9 Å². The summed E-state index contributed by atoms with van der Waals surface area (Å²) in [7, 11) is 2.09. The first-order valence-electron chi connectivity index (χ1n) is 12.5. The van der Waals surface area contributed by atoms with Crippen LogP contribution in [0.15, 0.2) is 78.0 Å². The molecule has 188 valence electrons. The minimum Gasteiger partial charge on any atom is -0.326 e. The van der Waals surface area contributed by atoms with Gasteiger partial charge in [-0.2, -0.15) is 0 Å². The molecule has 0 saturated carbocycles. The summed E-state index contributed by atoms with van der Waals surface area (Å²) in [5, 5.41) is 0. The van der Waals surface area contributed by atoms with E-state index < -0.39 is 11.9 Å². The third-order valence-electron chi connectivity index (χ3n) is 6.72. The van der Waals surface area contributed by atoms with Crippen molar-refractivity contribution < 1.29 is 9.18 Å². The van der Waals surface area contributed by atoms with Gasteiger partial charge in [0.25, 0.3) is 0 Å². The number of ketones is 1. The zero-order chi connectivity index (χ0) is 25.9. The molecule has 1 unspecified atom stereocenters. The van der Waals surface area contributed by atoms with Crippen molar-refractivity contribution >= 4 is 12.0 Å². The van der Waals surface area contributed by atoms with E-state index in [9.17, 15) is 4.79 Å². The predicted molar refractivity (Wildman–Crippen MR) is 145 cm³/mol. The van der Waals surface area contributed by atoms with Crippen LogP contribution in [0.2, 0.25) is 0 Å². The SMILES string of the molecule is CCCN(C)Cc1ccccc1-c1ccc(C2N=Cc3ncn(-c4cccc(CN)c4)c3C2=O)c(F)c1. The van der Waals surface area contributed by atoms with Gasteiger partial charge >= 0.3 is 0 Å². The van der Waals surface area contributed by atoms with E-state index in [1.165, 1.54) is 6.07 Å². The number of benzene rings is 3. The summed E-state index contributed by atoms with van der Waals surface area (Å²) in [6.07, 6.45) is 4.21. The third kappa shape index (κ3) is 4.88. The number of nitrogens with zero attached hydrogens (tertiary/aromatic N) is 4. The number of carbonyl (C=O) groups is 1. The Morgan fingerprint density at radius 2 is 1.92 bits per heavy atom. The molecule has 0 spiro atoms. The van der Waals surface area contributed by atoms with E-state index in [0.29, 0.717) is 17.9 Å². The number of hydrogen-bond acceptors (Lipinski definition) is 5. The van der Waals surface area contributed by atoms with Crippen LogP contribution in [0.5, 0.6) is 0 Å². The van der Waals surface area contributed by atoms with Crippen LogP contribution in [0.3, 0.4) is 0 Å². The maximum Gasteiger partial charge on any atom is 0.210 e. The molecule has 6 nitrogen and oxygen atoms in total. The molecule has 0 aliphatic carbocycles. The molecule has 0 amide bonds. The summed E-state index contributed by atoms with van der Waals surface area (Å²) in [6, 6.07) is 19.8. The minimum atomic E-state index is -0.972. The third-order valence-corrected chi connectivity index (χ3v) is 6.72. The Kier molecular flexibility index (Phi) is 7.08. The Hall–Kier alpha value is -3.94. The van der Waals surface area contributed by atoms with Crippen molar-refractivity contribution in [3.8, 4) is 16.8 Å². The van der Waals surface area contributed by atoms with Crippen molar-refractivity contribution in [3.63, 3.8) is 0 Å². The highest BCUT2D eigenvalue weighted by molar-refractivity contribution is 6.08. The normalized spacial score (nSPS) is 14.8. The average molecular weight is 496 g/mol. The summed E-state index contributed by atoms with van der Waals surface area (Å²) >= 11 is 0. The van der Waals surface area contributed by atoms with E-state index >= 15 is 4.39 Å². The number of halogens is 1. The minimum absolute atomic E-state index is 0.250. The van der Waals surface area contributed by atoms with Crippen molar-refractivity contribution in [2.75, 3.05) is 13.6 Å². The first-order chi connectivity index (χ1) is 18.0. The van der Waals surface area contributed by atoms with Gasteiger partial charge in [0.05, 0.1) is 6.21 Å². The van der Waals surface area contributed by atoms with E-state index in [0.717, 1.165) is 47.5 Å². The maximum absolute atomic E-state index is 15.6. The van der Waals surface area contributed by atoms with Gasteiger partial charge in [-0.15, -0.1) is 0 Å². The average Bonchev–Trinajstić information content (AvgIpc) is 3.35. The lowest BCUT2D eigenvalue weighted by atomic mass is 9.93. The summed E-state index contributed by atoms with van der Waals surface area (Å²) in [6.45, 7) is 4.30. The van der Waals surface area contributed by atoms with Crippen LogP contribution < -0.4 is 5.73 Å². The number of carbonyl (C=O) groups excluding carboxylic acids is 1. The highest BCUT2D eigenvalue weighted by Crippen LogP contribution is 2.33. The molecule has 1 aliphatic rings. The summed E-state index contributed by atoms with van der Waals surface area (Å²) < 4.78 is 17.3. The molecule has 1 aromatic heterocycles. The number of nitrogens with two attached hydrogens (primary N) is 1. The monoisotopic (exact) mass is 495 g/mol. The van der Waals surface area contributed by atoms with Gasteiger partial charge in [0.15, 0.2) is 0 Å². The Bertz CT molecular complexity index is 1470. The molecule has 0 bridgehead atoms. The van der Waals surface area contributed by atoms with Crippen molar-refractivity contribution in [2.45, 2.75) is 32.5 Å². The van der Waals surface area contributed by atoms with Gasteiger partial charge in [-0.25, -0.2) is 9.37 Å². The smallest absolute Gasteiger partial charge is 0.210 e. The highest BCUT2D eigenvalue weighted by atomic mass is 19.1. The maximum atomic E-state index is 15.6. The van der Waals surface area contributed by atoms with Crippen LogP contribution in [0.25, 0.3) is 16.8 Å². The number of Topliss-reactive ketones (excluding diaryl/α,β-unsaturated/α-hetero) is 1. The number of aromatic nitrogens is 2. The fourth-order valence-electron chi connectivity index (χ4n) is 4.90. The molecule has 0 saturated heterocycles. The van der Waals surface area contributed by atoms with Crippen molar-refractivity contribution in [2.24, 2.45) is 10.7 Å². The molecular formula is C30H30FN5O. The second-order valence-corrected chi connectivity index (χ2v) is 9.40. The molecule has 5 rings (SSSR count). The Morgan fingerprint density at radius 3 is 2.70 bits per heavy atom. The van der Waals surface area contributed by atoms with Crippen LogP contribution in [-0.4, -0.2) is 40.0 Å². The molecule has 7 heteroatoms. The van der Waals surface area contributed by atoms with Gasteiger partial charge < -0.3 is 10.6 Å². The fourth-order valence-corrected chi connectivity index (χ4v) is 4.90. The number of aliphatic imine (C=N–C) groups is 1. The van der Waals surface area contributed by atoms with E-state index in [4.69, 9.17) is 5.73 Å². The van der Waals surface area contributed by atoms with Crippen molar-refractivity contribution in [1.29, 1.82) is 0 Å². The summed E-state index contributed by atoms with van der Waals surface area (Å²) in [5.74, 6) is -0.745. The fraction of sp³-hybridized carbons (Fsp3) is 0.233. The van der Waals surface area contributed by atoms with Crippen LogP contribution in [0, 0.1) is 5.82 Å². The van der Waals surface area contributed by atoms with Crippen molar-refractivity contribution in [1.82, 2.24) is 14.5 Å².